The van der Waals surface area contributed by atoms with Gasteiger partial charge in [0.1, 0.15) is 21.3 Å². The Balaban J connectivity index is 1.94. The van der Waals surface area contributed by atoms with Crippen LogP contribution in [0.25, 0.3) is 0 Å². The Bertz CT molecular complexity index is 936. The van der Waals surface area contributed by atoms with Crippen LogP contribution in [0.1, 0.15) is 16.7 Å². The molecule has 0 spiro atoms. The molecule has 0 saturated carbocycles. The lowest BCUT2D eigenvalue weighted by molar-refractivity contribution is -0.118. The molecular formula is C20H16IN3O2. The van der Waals surface area contributed by atoms with E-state index in [4.69, 9.17) is 10.00 Å². The molecule has 1 N–H and O–H groups in total. The average Bonchev–Trinajstić information content (AvgIpc) is 2.63. The molecular weight excluding hydrogens is 441 g/mol. The second kappa shape index (κ2) is 7.70. The lowest BCUT2D eigenvalue weighted by atomic mass is 10.1. The Hall–Kier alpha value is -2.66. The van der Waals surface area contributed by atoms with Crippen molar-refractivity contribution in [3.63, 3.8) is 0 Å². The Morgan fingerprint density at radius 2 is 1.81 bits per heavy atom. The minimum Gasteiger partial charge on any atom is -0.459 e. The highest BCUT2D eigenvalue weighted by molar-refractivity contribution is 14.1. The number of aryl methyl sites for hydroxylation is 2. The molecule has 0 aromatic heterocycles. The Morgan fingerprint density at radius 3 is 2.42 bits per heavy atom. The molecule has 1 unspecified atom stereocenters. The summed E-state index contributed by atoms with van der Waals surface area (Å²) in [5.74, 6) is 1.53. The van der Waals surface area contributed by atoms with Gasteiger partial charge in [0.05, 0.1) is 17.3 Å². The van der Waals surface area contributed by atoms with Gasteiger partial charge in [-0.3, -0.25) is 4.79 Å². The van der Waals surface area contributed by atoms with Crippen LogP contribution >= 0.6 is 22.6 Å². The van der Waals surface area contributed by atoms with Gasteiger partial charge in [0.2, 0.25) is 5.91 Å². The highest BCUT2D eigenvalue weighted by Gasteiger charge is 2.28. The van der Waals surface area contributed by atoms with Crippen LogP contribution in [0, 0.1) is 25.2 Å². The van der Waals surface area contributed by atoms with E-state index < -0.39 is 3.92 Å². The Labute approximate surface area is 165 Å². The molecule has 0 bridgehead atoms. The summed E-state index contributed by atoms with van der Waals surface area (Å²) in [7, 11) is 0. The number of nitriles is 1. The number of amidine groups is 1. The number of alkyl halides is 1. The van der Waals surface area contributed by atoms with Crippen LogP contribution in [0.2, 0.25) is 0 Å². The average molecular weight is 457 g/mol. The number of carbonyl (C=O) groups is 1. The van der Waals surface area contributed by atoms with Gasteiger partial charge in [-0.1, -0.05) is 40.8 Å². The van der Waals surface area contributed by atoms with Crippen LogP contribution in [0.5, 0.6) is 5.75 Å². The number of hydrogen-bond donors (Lipinski definition) is 1. The van der Waals surface area contributed by atoms with Crippen LogP contribution in [-0.2, 0) is 4.79 Å². The number of rotatable bonds is 3. The fourth-order valence-corrected chi connectivity index (χ4v) is 2.99. The third-order valence-corrected chi connectivity index (χ3v) is 5.06. The minimum atomic E-state index is -0.438. The molecule has 3 rings (SSSR count). The summed E-state index contributed by atoms with van der Waals surface area (Å²) in [6, 6.07) is 14.8. The zero-order valence-electron chi connectivity index (χ0n) is 14.3. The maximum atomic E-state index is 12.3. The molecule has 2 aromatic rings. The maximum Gasteiger partial charge on any atom is 0.246 e. The summed E-state index contributed by atoms with van der Waals surface area (Å²) in [5, 5.41) is 11.6. The number of nitrogens with one attached hydrogen (secondary N) is 1. The number of para-hydroxylation sites is 1. The number of benzene rings is 2. The van der Waals surface area contributed by atoms with E-state index >= 15 is 0 Å². The van der Waals surface area contributed by atoms with E-state index in [1.54, 1.807) is 30.3 Å². The largest absolute Gasteiger partial charge is 0.459 e. The van der Waals surface area contributed by atoms with Gasteiger partial charge in [-0.05, 0) is 49.2 Å². The molecule has 0 fully saturated rings. The number of ether oxygens (including phenoxy) is 1. The molecule has 1 aliphatic rings. The molecule has 26 heavy (non-hydrogen) atoms. The van der Waals surface area contributed by atoms with Crippen molar-refractivity contribution in [3.05, 3.63) is 71.0 Å². The zero-order chi connectivity index (χ0) is 18.7. The smallest absolute Gasteiger partial charge is 0.246 e. The van der Waals surface area contributed by atoms with Crippen LogP contribution < -0.4 is 10.1 Å². The number of halogens is 1. The predicted octanol–water partition coefficient (Wildman–Crippen LogP) is 4.10. The van der Waals surface area contributed by atoms with Gasteiger partial charge in [-0.25, -0.2) is 4.99 Å². The lowest BCUT2D eigenvalue weighted by Crippen LogP contribution is -2.41. The first-order valence-electron chi connectivity index (χ1n) is 7.97. The van der Waals surface area contributed by atoms with E-state index in [1.807, 2.05) is 54.6 Å². The van der Waals surface area contributed by atoms with Crippen molar-refractivity contribution >= 4 is 40.0 Å². The van der Waals surface area contributed by atoms with Gasteiger partial charge in [-0.2, -0.15) is 5.26 Å². The first-order valence-corrected chi connectivity index (χ1v) is 9.22. The topological polar surface area (TPSA) is 74.5 Å². The Kier molecular flexibility index (Phi) is 5.38. The van der Waals surface area contributed by atoms with Gasteiger partial charge in [-0.15, -0.1) is 0 Å². The maximum absolute atomic E-state index is 12.3. The SMILES string of the molecule is Cc1cccc(C)c1OC1=CC(=Nc2ccc(C#N)cc2)NC(=O)C1I. The normalized spacial score (nSPS) is 18.1. The lowest BCUT2D eigenvalue weighted by Gasteiger charge is -2.22. The van der Waals surface area contributed by atoms with Crippen molar-refractivity contribution in [1.82, 2.24) is 5.32 Å². The number of amides is 1. The highest BCUT2D eigenvalue weighted by Crippen LogP contribution is 2.28. The minimum absolute atomic E-state index is 0.179. The van der Waals surface area contributed by atoms with Gasteiger partial charge in [0.15, 0.2) is 0 Å². The van der Waals surface area contributed by atoms with E-state index in [0.29, 0.717) is 22.8 Å². The van der Waals surface area contributed by atoms with E-state index in [9.17, 15) is 4.79 Å². The van der Waals surface area contributed by atoms with E-state index in [0.717, 1.165) is 16.9 Å². The van der Waals surface area contributed by atoms with Crippen molar-refractivity contribution in [2.24, 2.45) is 4.99 Å². The second-order valence-electron chi connectivity index (χ2n) is 5.88. The van der Waals surface area contributed by atoms with Crippen LogP contribution in [0.3, 0.4) is 0 Å². The van der Waals surface area contributed by atoms with Gasteiger partial charge in [0, 0.05) is 6.08 Å². The van der Waals surface area contributed by atoms with Crippen molar-refractivity contribution in [3.8, 4) is 11.8 Å². The number of carbonyl (C=O) groups excluding carboxylic acids is 1. The van der Waals surface area contributed by atoms with Crippen molar-refractivity contribution < 1.29 is 9.53 Å². The summed E-state index contributed by atoms with van der Waals surface area (Å²) in [6.45, 7) is 3.94. The Morgan fingerprint density at radius 1 is 1.15 bits per heavy atom. The van der Waals surface area contributed by atoms with E-state index in [2.05, 4.69) is 16.4 Å². The first kappa shape index (κ1) is 18.1. The van der Waals surface area contributed by atoms with E-state index in [-0.39, 0.29) is 5.91 Å². The fourth-order valence-electron chi connectivity index (χ4n) is 2.53. The molecule has 1 aliphatic heterocycles. The van der Waals surface area contributed by atoms with Crippen molar-refractivity contribution in [2.75, 3.05) is 0 Å². The molecule has 1 atom stereocenters. The molecule has 0 saturated heterocycles. The summed E-state index contributed by atoms with van der Waals surface area (Å²) >= 11 is 2.05. The van der Waals surface area contributed by atoms with Gasteiger partial charge >= 0.3 is 0 Å². The summed E-state index contributed by atoms with van der Waals surface area (Å²) in [6.07, 6.45) is 1.74. The molecule has 0 radical (unpaired) electrons. The number of aliphatic imine (C=N–C) groups is 1. The van der Waals surface area contributed by atoms with Crippen molar-refractivity contribution in [1.29, 1.82) is 5.26 Å². The highest BCUT2D eigenvalue weighted by atomic mass is 127. The fraction of sp³-hybridized carbons (Fsp3) is 0.150. The molecule has 1 heterocycles. The van der Waals surface area contributed by atoms with Gasteiger partial charge in [0.25, 0.3) is 0 Å². The first-order chi connectivity index (χ1) is 12.5. The molecule has 130 valence electrons. The van der Waals surface area contributed by atoms with Crippen LogP contribution in [0.15, 0.2) is 59.3 Å². The van der Waals surface area contributed by atoms with Crippen molar-refractivity contribution in [2.45, 2.75) is 17.8 Å². The predicted molar refractivity (Wildman–Crippen MR) is 109 cm³/mol. The molecule has 0 aliphatic carbocycles. The molecule has 5 nitrogen and oxygen atoms in total. The van der Waals surface area contributed by atoms with Crippen LogP contribution in [0.4, 0.5) is 5.69 Å². The van der Waals surface area contributed by atoms with E-state index in [1.165, 1.54) is 0 Å². The monoisotopic (exact) mass is 457 g/mol. The number of hydrogen-bond acceptors (Lipinski definition) is 4. The number of nitrogens with zero attached hydrogens (tertiary/aromatic N) is 2. The molecule has 1 amide bonds. The van der Waals surface area contributed by atoms with Crippen LogP contribution in [-0.4, -0.2) is 15.7 Å². The molecule has 6 heteroatoms. The molecule has 2 aromatic carbocycles. The summed E-state index contributed by atoms with van der Waals surface area (Å²) in [4.78, 5) is 16.7. The zero-order valence-corrected chi connectivity index (χ0v) is 16.4. The quantitative estimate of drug-likeness (QED) is 0.557. The van der Waals surface area contributed by atoms with Gasteiger partial charge < -0.3 is 10.1 Å². The summed E-state index contributed by atoms with van der Waals surface area (Å²) in [5.41, 5.74) is 3.22. The third kappa shape index (κ3) is 3.94. The second-order valence-corrected chi connectivity index (χ2v) is 7.12. The summed E-state index contributed by atoms with van der Waals surface area (Å²) < 4.78 is 5.63. The standard InChI is InChI=1S/C20H16IN3O2/c1-12-4-3-5-13(2)19(12)26-16-10-17(24-20(25)18(16)21)23-15-8-6-14(11-22)7-9-15/h3-10,18H,1-2H3,(H,23,24,25). The third-order valence-electron chi connectivity index (χ3n) is 3.88.